The third kappa shape index (κ3) is 2.32. The van der Waals surface area contributed by atoms with E-state index < -0.39 is 0 Å². The van der Waals surface area contributed by atoms with E-state index in [2.05, 4.69) is 18.1 Å². The van der Waals surface area contributed by atoms with E-state index in [0.717, 1.165) is 24.2 Å². The summed E-state index contributed by atoms with van der Waals surface area (Å²) >= 11 is 0. The molecule has 88 valence electrons. The van der Waals surface area contributed by atoms with Crippen LogP contribution in [0.4, 0.5) is 0 Å². The summed E-state index contributed by atoms with van der Waals surface area (Å²) in [4.78, 5) is 11.7. The van der Waals surface area contributed by atoms with Crippen LogP contribution in [0.15, 0.2) is 6.07 Å². The Balaban J connectivity index is 2.07. The maximum absolute atomic E-state index is 11.7. The number of hydrogen-bond acceptors (Lipinski definition) is 3. The lowest BCUT2D eigenvalue weighted by atomic mass is 9.95. The molecule has 1 aromatic rings. The van der Waals surface area contributed by atoms with E-state index in [-0.39, 0.29) is 5.92 Å². The highest BCUT2D eigenvalue weighted by Crippen LogP contribution is 2.16. The van der Waals surface area contributed by atoms with Crippen molar-refractivity contribution < 1.29 is 9.53 Å². The first-order valence-corrected chi connectivity index (χ1v) is 5.83. The highest BCUT2D eigenvalue weighted by atomic mass is 16.5. The molecule has 1 atom stereocenters. The molecule has 0 saturated carbocycles. The van der Waals surface area contributed by atoms with Crippen LogP contribution in [0.1, 0.15) is 24.7 Å². The Bertz CT molecular complexity index is 384. The van der Waals surface area contributed by atoms with Gasteiger partial charge in [0.15, 0.2) is 0 Å². The SMILES string of the molecule is CCc1cc(CC2COCCC2=O)n(C)n1. The molecule has 16 heavy (non-hydrogen) atoms. The van der Waals surface area contributed by atoms with Gasteiger partial charge in [-0.15, -0.1) is 0 Å². The fourth-order valence-electron chi connectivity index (χ4n) is 2.06. The summed E-state index contributed by atoms with van der Waals surface area (Å²) in [5.74, 6) is 0.347. The molecule has 1 saturated heterocycles. The van der Waals surface area contributed by atoms with E-state index in [1.165, 1.54) is 0 Å². The largest absolute Gasteiger partial charge is 0.380 e. The Morgan fingerprint density at radius 3 is 3.06 bits per heavy atom. The molecule has 4 heteroatoms. The molecular formula is C12H18N2O2. The Labute approximate surface area is 95.6 Å². The van der Waals surface area contributed by atoms with Gasteiger partial charge in [0, 0.05) is 31.5 Å². The minimum atomic E-state index is 0.0221. The van der Waals surface area contributed by atoms with Gasteiger partial charge in [-0.1, -0.05) is 6.92 Å². The maximum atomic E-state index is 11.7. The summed E-state index contributed by atoms with van der Waals surface area (Å²) in [6.07, 6.45) is 2.24. The molecule has 2 heterocycles. The van der Waals surface area contributed by atoms with Crippen molar-refractivity contribution in [3.63, 3.8) is 0 Å². The number of ether oxygens (including phenoxy) is 1. The maximum Gasteiger partial charge on any atom is 0.140 e. The van der Waals surface area contributed by atoms with Crippen LogP contribution in [0, 0.1) is 5.92 Å². The highest BCUT2D eigenvalue weighted by Gasteiger charge is 2.24. The molecule has 4 nitrogen and oxygen atoms in total. The Morgan fingerprint density at radius 2 is 2.44 bits per heavy atom. The minimum Gasteiger partial charge on any atom is -0.380 e. The number of aryl methyl sites for hydroxylation is 2. The zero-order valence-electron chi connectivity index (χ0n) is 9.90. The summed E-state index contributed by atoms with van der Waals surface area (Å²) in [5, 5.41) is 4.38. The molecule has 0 amide bonds. The van der Waals surface area contributed by atoms with E-state index >= 15 is 0 Å². The second-order valence-electron chi connectivity index (χ2n) is 4.30. The van der Waals surface area contributed by atoms with Gasteiger partial charge in [-0.3, -0.25) is 9.48 Å². The van der Waals surface area contributed by atoms with Crippen molar-refractivity contribution in [2.75, 3.05) is 13.2 Å². The predicted octanol–water partition coefficient (Wildman–Crippen LogP) is 1.13. The van der Waals surface area contributed by atoms with Gasteiger partial charge in [0.1, 0.15) is 5.78 Å². The van der Waals surface area contributed by atoms with Crippen molar-refractivity contribution in [3.05, 3.63) is 17.5 Å². The van der Waals surface area contributed by atoms with Gasteiger partial charge in [0.05, 0.1) is 18.9 Å². The van der Waals surface area contributed by atoms with E-state index in [0.29, 0.717) is 25.4 Å². The van der Waals surface area contributed by atoms with Crippen LogP contribution >= 0.6 is 0 Å². The van der Waals surface area contributed by atoms with Crippen LogP contribution in [0.5, 0.6) is 0 Å². The van der Waals surface area contributed by atoms with Gasteiger partial charge < -0.3 is 4.74 Å². The van der Waals surface area contributed by atoms with Gasteiger partial charge in [0.25, 0.3) is 0 Å². The van der Waals surface area contributed by atoms with Crippen LogP contribution in [0.25, 0.3) is 0 Å². The van der Waals surface area contributed by atoms with Gasteiger partial charge >= 0.3 is 0 Å². The van der Waals surface area contributed by atoms with Crippen LogP contribution in [-0.2, 0) is 29.4 Å². The predicted molar refractivity (Wildman–Crippen MR) is 60.2 cm³/mol. The average molecular weight is 222 g/mol. The molecule has 0 N–H and O–H groups in total. The molecule has 1 aromatic heterocycles. The lowest BCUT2D eigenvalue weighted by Gasteiger charge is -2.20. The van der Waals surface area contributed by atoms with Gasteiger partial charge in [-0.25, -0.2) is 0 Å². The highest BCUT2D eigenvalue weighted by molar-refractivity contribution is 5.82. The first-order valence-electron chi connectivity index (χ1n) is 5.83. The Hall–Kier alpha value is -1.16. The van der Waals surface area contributed by atoms with Crippen LogP contribution in [0.3, 0.4) is 0 Å². The molecule has 0 aliphatic carbocycles. The fraction of sp³-hybridized carbons (Fsp3) is 0.667. The first kappa shape index (κ1) is 11.3. The van der Waals surface area contributed by atoms with Crippen LogP contribution in [0.2, 0.25) is 0 Å². The summed E-state index contributed by atoms with van der Waals surface area (Å²) in [5.41, 5.74) is 2.21. The van der Waals surface area contributed by atoms with Crippen molar-refractivity contribution in [1.29, 1.82) is 0 Å². The zero-order chi connectivity index (χ0) is 11.5. The van der Waals surface area contributed by atoms with Crippen LogP contribution < -0.4 is 0 Å². The molecule has 0 aromatic carbocycles. The van der Waals surface area contributed by atoms with Crippen molar-refractivity contribution in [2.24, 2.45) is 13.0 Å². The van der Waals surface area contributed by atoms with Gasteiger partial charge in [-0.2, -0.15) is 5.10 Å². The van der Waals surface area contributed by atoms with Crippen molar-refractivity contribution in [1.82, 2.24) is 9.78 Å². The molecule has 1 aliphatic heterocycles. The van der Waals surface area contributed by atoms with E-state index in [1.807, 2.05) is 11.7 Å². The molecule has 0 bridgehead atoms. The molecular weight excluding hydrogens is 204 g/mol. The third-order valence-electron chi connectivity index (χ3n) is 3.11. The molecule has 1 fully saturated rings. The molecule has 2 rings (SSSR count). The van der Waals surface area contributed by atoms with E-state index in [1.54, 1.807) is 0 Å². The van der Waals surface area contributed by atoms with Crippen molar-refractivity contribution >= 4 is 5.78 Å². The third-order valence-corrected chi connectivity index (χ3v) is 3.11. The molecule has 1 aliphatic rings. The number of aromatic nitrogens is 2. The number of ketones is 1. The number of carbonyl (C=O) groups is 1. The fourth-order valence-corrected chi connectivity index (χ4v) is 2.06. The topological polar surface area (TPSA) is 44.1 Å². The summed E-state index contributed by atoms with van der Waals surface area (Å²) < 4.78 is 7.22. The monoisotopic (exact) mass is 222 g/mol. The summed E-state index contributed by atoms with van der Waals surface area (Å²) in [6.45, 7) is 3.23. The van der Waals surface area contributed by atoms with Crippen molar-refractivity contribution in [3.8, 4) is 0 Å². The zero-order valence-corrected chi connectivity index (χ0v) is 9.90. The molecule has 1 unspecified atom stereocenters. The first-order chi connectivity index (χ1) is 7.70. The van der Waals surface area contributed by atoms with Gasteiger partial charge in [-0.05, 0) is 12.5 Å². The van der Waals surface area contributed by atoms with E-state index in [4.69, 9.17) is 4.74 Å². The molecule has 0 spiro atoms. The summed E-state index contributed by atoms with van der Waals surface area (Å²) in [7, 11) is 1.93. The number of carbonyl (C=O) groups excluding carboxylic acids is 1. The second kappa shape index (κ2) is 4.78. The Kier molecular flexibility index (Phi) is 3.39. The van der Waals surface area contributed by atoms with Crippen molar-refractivity contribution in [2.45, 2.75) is 26.2 Å². The number of Topliss-reactive ketones (excluding diaryl/α,β-unsaturated/α-hetero) is 1. The second-order valence-corrected chi connectivity index (χ2v) is 4.30. The number of hydrogen-bond donors (Lipinski definition) is 0. The number of nitrogens with zero attached hydrogens (tertiary/aromatic N) is 2. The van der Waals surface area contributed by atoms with E-state index in [9.17, 15) is 4.79 Å². The quantitative estimate of drug-likeness (QED) is 0.770. The average Bonchev–Trinajstić information content (AvgIpc) is 2.63. The Morgan fingerprint density at radius 1 is 1.62 bits per heavy atom. The number of rotatable bonds is 3. The van der Waals surface area contributed by atoms with Crippen LogP contribution in [-0.4, -0.2) is 28.8 Å². The minimum absolute atomic E-state index is 0.0221. The normalized spacial score (nSPS) is 21.4. The lowest BCUT2D eigenvalue weighted by Crippen LogP contribution is -2.29. The standard InChI is InChI=1S/C12H18N2O2/c1-3-10-7-11(14(2)13-10)6-9-8-16-5-4-12(9)15/h7,9H,3-6,8H2,1-2H3. The van der Waals surface area contributed by atoms with Gasteiger partial charge in [0.2, 0.25) is 0 Å². The summed E-state index contributed by atoms with van der Waals surface area (Å²) in [6, 6.07) is 2.09. The lowest BCUT2D eigenvalue weighted by molar-refractivity contribution is -0.130. The molecule has 0 radical (unpaired) electrons. The smallest absolute Gasteiger partial charge is 0.140 e.